The predicted octanol–water partition coefficient (Wildman–Crippen LogP) is 3.16. The molecule has 0 spiro atoms. The Morgan fingerprint density at radius 1 is 1.10 bits per heavy atom. The fourth-order valence-corrected chi connectivity index (χ4v) is 7.27. The molecule has 0 bridgehead atoms. The molecular weight excluding hydrogens is 558 g/mol. The first-order chi connectivity index (χ1) is 18.7. The molecule has 2 fully saturated rings. The first kappa shape index (κ1) is 27.7. The second-order valence-corrected chi connectivity index (χ2v) is 13.1. The quantitative estimate of drug-likeness (QED) is 0.398. The van der Waals surface area contributed by atoms with Crippen molar-refractivity contribution in [1.29, 1.82) is 0 Å². The van der Waals surface area contributed by atoms with E-state index in [1.54, 1.807) is 48.5 Å². The predicted molar refractivity (Wildman–Crippen MR) is 151 cm³/mol. The highest BCUT2D eigenvalue weighted by atomic mass is 35.5. The molecule has 1 aliphatic heterocycles. The number of benzene rings is 1. The summed E-state index contributed by atoms with van der Waals surface area (Å²) in [5, 5.41) is 2.71. The Kier molecular flexibility index (Phi) is 8.34. The summed E-state index contributed by atoms with van der Waals surface area (Å²) in [6.07, 6.45) is 5.70. The number of halogens is 1. The van der Waals surface area contributed by atoms with Gasteiger partial charge in [-0.2, -0.15) is 4.72 Å². The van der Waals surface area contributed by atoms with Crippen LogP contribution in [0.2, 0.25) is 4.34 Å². The van der Waals surface area contributed by atoms with Gasteiger partial charge >= 0.3 is 0 Å². The van der Waals surface area contributed by atoms with Crippen LogP contribution in [0.1, 0.15) is 28.1 Å². The number of sulfonamides is 1. The van der Waals surface area contributed by atoms with Crippen LogP contribution in [0.15, 0.2) is 59.8 Å². The van der Waals surface area contributed by atoms with Crippen molar-refractivity contribution in [3.05, 3.63) is 69.6 Å². The molecule has 3 heterocycles. The van der Waals surface area contributed by atoms with E-state index in [1.165, 1.54) is 18.9 Å². The van der Waals surface area contributed by atoms with Crippen molar-refractivity contribution in [2.75, 3.05) is 32.7 Å². The van der Waals surface area contributed by atoms with Gasteiger partial charge in [0.15, 0.2) is 0 Å². The molecule has 1 saturated heterocycles. The van der Waals surface area contributed by atoms with E-state index < -0.39 is 22.0 Å². The van der Waals surface area contributed by atoms with Crippen molar-refractivity contribution in [1.82, 2.24) is 24.8 Å². The van der Waals surface area contributed by atoms with E-state index in [0.29, 0.717) is 33.9 Å². The lowest BCUT2D eigenvalue weighted by atomic mass is 10.0. The van der Waals surface area contributed by atoms with Crippen molar-refractivity contribution in [2.45, 2.75) is 36.7 Å². The Balaban J connectivity index is 1.37. The van der Waals surface area contributed by atoms with Gasteiger partial charge in [-0.25, -0.2) is 8.42 Å². The molecule has 2 aromatic heterocycles. The highest BCUT2D eigenvalue weighted by Gasteiger charge is 2.35. The van der Waals surface area contributed by atoms with E-state index in [9.17, 15) is 18.0 Å². The third-order valence-electron chi connectivity index (χ3n) is 7.09. The number of hydrogen-bond acceptors (Lipinski definition) is 7. The van der Waals surface area contributed by atoms with Crippen LogP contribution in [0.25, 0.3) is 11.1 Å². The second-order valence-electron chi connectivity index (χ2n) is 9.75. The molecule has 2 aliphatic rings. The number of hydrogen-bond donors (Lipinski definition) is 2. The number of nitrogens with one attached hydrogen (secondary N) is 2. The van der Waals surface area contributed by atoms with Crippen molar-refractivity contribution in [3.63, 3.8) is 0 Å². The number of nitrogens with zero attached hydrogens (tertiary/aromatic N) is 3. The molecule has 1 saturated carbocycles. The maximum Gasteiger partial charge on any atom is 0.261 e. The average molecular weight is 588 g/mol. The smallest absolute Gasteiger partial charge is 0.261 e. The van der Waals surface area contributed by atoms with Gasteiger partial charge in [0.05, 0.1) is 14.1 Å². The van der Waals surface area contributed by atoms with E-state index >= 15 is 0 Å². The molecule has 2 amide bonds. The molecule has 1 aromatic carbocycles. The monoisotopic (exact) mass is 587 g/mol. The standard InChI is InChI=1S/C27H30ClN5O4S2/c1-18-21(19-4-3-11-29-16-19)5-2-6-24(18)39(36,37)31-22(17-30-26(34)23-9-10-25(28)38-23)27(35)33-14-12-32(13-15-33)20-7-8-20/h2-6,9-11,16,20,22,31H,7-8,12-15,17H2,1H3,(H,30,34)/t22-/m0/s1. The largest absolute Gasteiger partial charge is 0.349 e. The minimum Gasteiger partial charge on any atom is -0.349 e. The van der Waals surface area contributed by atoms with Gasteiger partial charge in [-0.05, 0) is 55.2 Å². The molecule has 1 atom stereocenters. The van der Waals surface area contributed by atoms with Crippen LogP contribution >= 0.6 is 22.9 Å². The molecule has 0 radical (unpaired) electrons. The lowest BCUT2D eigenvalue weighted by Gasteiger charge is -2.36. The van der Waals surface area contributed by atoms with Crippen LogP contribution in [0.5, 0.6) is 0 Å². The topological polar surface area (TPSA) is 112 Å². The maximum atomic E-state index is 13.7. The van der Waals surface area contributed by atoms with E-state index in [-0.39, 0.29) is 17.3 Å². The van der Waals surface area contributed by atoms with Crippen LogP contribution in [0.4, 0.5) is 0 Å². The SMILES string of the molecule is Cc1c(-c2cccnc2)cccc1S(=O)(=O)N[C@@H](CNC(=O)c1ccc(Cl)s1)C(=O)N1CCN(C2CC2)CC1. The van der Waals surface area contributed by atoms with Crippen molar-refractivity contribution in [2.24, 2.45) is 0 Å². The summed E-state index contributed by atoms with van der Waals surface area (Å²) in [4.78, 5) is 35.0. The zero-order chi connectivity index (χ0) is 27.6. The van der Waals surface area contributed by atoms with Crippen molar-refractivity contribution < 1.29 is 18.0 Å². The van der Waals surface area contributed by atoms with Gasteiger partial charge in [0.1, 0.15) is 6.04 Å². The molecular formula is C27H30ClN5O4S2. The second kappa shape index (κ2) is 11.7. The first-order valence-corrected chi connectivity index (χ1v) is 15.5. The fourth-order valence-electron chi connectivity index (χ4n) is 4.86. The molecule has 9 nitrogen and oxygen atoms in total. The highest BCUT2D eigenvalue weighted by Crippen LogP contribution is 2.29. The summed E-state index contributed by atoms with van der Waals surface area (Å²) >= 11 is 7.08. The Morgan fingerprint density at radius 3 is 2.51 bits per heavy atom. The Bertz CT molecular complexity index is 1450. The molecule has 5 rings (SSSR count). The van der Waals surface area contributed by atoms with Crippen LogP contribution in [-0.2, 0) is 14.8 Å². The molecule has 2 N–H and O–H groups in total. The highest BCUT2D eigenvalue weighted by molar-refractivity contribution is 7.89. The Morgan fingerprint density at radius 2 is 1.87 bits per heavy atom. The molecule has 12 heteroatoms. The third-order valence-corrected chi connectivity index (χ3v) is 9.94. The average Bonchev–Trinajstić information content (AvgIpc) is 3.70. The minimum absolute atomic E-state index is 0.0663. The van der Waals surface area contributed by atoms with Gasteiger partial charge in [0.2, 0.25) is 15.9 Å². The van der Waals surface area contributed by atoms with Gasteiger partial charge < -0.3 is 10.2 Å². The van der Waals surface area contributed by atoms with E-state index in [1.807, 2.05) is 12.1 Å². The lowest BCUT2D eigenvalue weighted by Crippen LogP contribution is -2.58. The number of piperazine rings is 1. The van der Waals surface area contributed by atoms with Gasteiger partial charge in [-0.1, -0.05) is 29.8 Å². The van der Waals surface area contributed by atoms with Crippen molar-refractivity contribution in [3.8, 4) is 11.1 Å². The summed E-state index contributed by atoms with van der Waals surface area (Å²) in [6.45, 7) is 4.06. The van der Waals surface area contributed by atoms with Crippen molar-refractivity contribution >= 4 is 44.8 Å². The van der Waals surface area contributed by atoms with Crippen LogP contribution in [0.3, 0.4) is 0 Å². The summed E-state index contributed by atoms with van der Waals surface area (Å²) in [5.74, 6) is -0.781. The van der Waals surface area contributed by atoms with E-state index in [2.05, 4.69) is 19.9 Å². The lowest BCUT2D eigenvalue weighted by molar-refractivity contribution is -0.134. The van der Waals surface area contributed by atoms with Gasteiger partial charge in [0, 0.05) is 56.7 Å². The molecule has 0 unspecified atom stereocenters. The van der Waals surface area contributed by atoms with Crippen LogP contribution < -0.4 is 10.0 Å². The summed E-state index contributed by atoms with van der Waals surface area (Å²) < 4.78 is 30.4. The number of amides is 2. The molecule has 1 aliphatic carbocycles. The summed E-state index contributed by atoms with van der Waals surface area (Å²) in [5.41, 5.74) is 2.06. The maximum absolute atomic E-state index is 13.7. The van der Waals surface area contributed by atoms with E-state index in [0.717, 1.165) is 35.6 Å². The Hall–Kier alpha value is -2.83. The number of pyridine rings is 1. The molecule has 39 heavy (non-hydrogen) atoms. The van der Waals surface area contributed by atoms with Gasteiger partial charge in [0.25, 0.3) is 5.91 Å². The zero-order valence-corrected chi connectivity index (χ0v) is 23.9. The van der Waals surface area contributed by atoms with Crippen LogP contribution in [-0.4, -0.2) is 79.8 Å². The van der Waals surface area contributed by atoms with Gasteiger partial charge in [-0.3, -0.25) is 19.5 Å². The Labute approximate surface area is 237 Å². The normalized spacial score (nSPS) is 17.1. The molecule has 206 valence electrons. The number of rotatable bonds is 9. The van der Waals surface area contributed by atoms with Gasteiger partial charge in [-0.15, -0.1) is 11.3 Å². The molecule has 3 aromatic rings. The number of aromatic nitrogens is 1. The number of carbonyl (C=O) groups excluding carboxylic acids is 2. The third kappa shape index (κ3) is 6.50. The minimum atomic E-state index is -4.13. The van der Waals surface area contributed by atoms with Crippen LogP contribution in [0, 0.1) is 6.92 Å². The fraction of sp³-hybridized carbons (Fsp3) is 0.370. The van der Waals surface area contributed by atoms with E-state index in [4.69, 9.17) is 11.6 Å². The summed E-state index contributed by atoms with van der Waals surface area (Å²) in [7, 11) is -4.13. The number of carbonyl (C=O) groups is 2. The summed E-state index contributed by atoms with van der Waals surface area (Å²) in [6, 6.07) is 11.3. The first-order valence-electron chi connectivity index (χ1n) is 12.8. The zero-order valence-electron chi connectivity index (χ0n) is 21.5. The number of thiophene rings is 1.